The van der Waals surface area contributed by atoms with Crippen LogP contribution < -0.4 is 5.32 Å². The summed E-state index contributed by atoms with van der Waals surface area (Å²) in [6, 6.07) is 5.10. The Morgan fingerprint density at radius 1 is 1.47 bits per heavy atom. The van der Waals surface area contributed by atoms with Crippen LogP contribution >= 0.6 is 11.3 Å². The molecule has 0 aromatic carbocycles. The topological polar surface area (TPSA) is 15.3 Å². The highest BCUT2D eigenvalue weighted by molar-refractivity contribution is 7.09. The number of hydrogen-bond donors (Lipinski definition) is 1. The Kier molecular flexibility index (Phi) is 5.04. The lowest BCUT2D eigenvalue weighted by atomic mass is 10.1. The molecule has 1 aliphatic heterocycles. The summed E-state index contributed by atoms with van der Waals surface area (Å²) in [5.41, 5.74) is 0.246. The highest BCUT2D eigenvalue weighted by Crippen LogP contribution is 2.22. The molecule has 19 heavy (non-hydrogen) atoms. The second-order valence-electron chi connectivity index (χ2n) is 6.91. The number of nitrogens with one attached hydrogen (secondary N) is 1. The Morgan fingerprint density at radius 2 is 2.26 bits per heavy atom. The minimum Gasteiger partial charge on any atom is -0.312 e. The van der Waals surface area contributed by atoms with Gasteiger partial charge in [0, 0.05) is 23.0 Å². The van der Waals surface area contributed by atoms with E-state index in [0.29, 0.717) is 6.04 Å². The fraction of sp³-hybridized carbons (Fsp3) is 0.750. The second kappa shape index (κ2) is 6.38. The molecule has 1 aromatic rings. The number of nitrogens with zero attached hydrogens (tertiary/aromatic N) is 1. The third kappa shape index (κ3) is 4.90. The van der Waals surface area contributed by atoms with Gasteiger partial charge in [-0.25, -0.2) is 0 Å². The van der Waals surface area contributed by atoms with Crippen LogP contribution in [0, 0.1) is 5.92 Å². The van der Waals surface area contributed by atoms with Gasteiger partial charge in [0.25, 0.3) is 0 Å². The number of thiophene rings is 1. The molecule has 2 nitrogen and oxygen atoms in total. The van der Waals surface area contributed by atoms with Crippen molar-refractivity contribution in [1.29, 1.82) is 0 Å². The van der Waals surface area contributed by atoms with E-state index in [1.807, 2.05) is 11.3 Å². The van der Waals surface area contributed by atoms with Gasteiger partial charge in [-0.2, -0.15) is 0 Å². The van der Waals surface area contributed by atoms with Gasteiger partial charge in [0.15, 0.2) is 0 Å². The molecular weight excluding hydrogens is 252 g/mol. The van der Waals surface area contributed by atoms with Crippen LogP contribution in [-0.2, 0) is 6.42 Å². The predicted molar refractivity (Wildman–Crippen MR) is 84.9 cm³/mol. The zero-order chi connectivity index (χ0) is 13.9. The molecule has 0 spiro atoms. The van der Waals surface area contributed by atoms with E-state index in [1.165, 1.54) is 30.8 Å². The highest BCUT2D eigenvalue weighted by Gasteiger charge is 2.26. The van der Waals surface area contributed by atoms with Crippen LogP contribution in [0.3, 0.4) is 0 Å². The minimum absolute atomic E-state index is 0.246. The third-order valence-electron chi connectivity index (χ3n) is 3.94. The van der Waals surface area contributed by atoms with E-state index in [4.69, 9.17) is 0 Å². The second-order valence-corrected chi connectivity index (χ2v) is 7.95. The van der Waals surface area contributed by atoms with Crippen LogP contribution in [0.5, 0.6) is 0 Å². The normalized spacial score (nSPS) is 22.8. The van der Waals surface area contributed by atoms with Crippen molar-refractivity contribution in [3.63, 3.8) is 0 Å². The zero-order valence-corrected chi connectivity index (χ0v) is 13.6. The Morgan fingerprint density at radius 3 is 2.89 bits per heavy atom. The van der Waals surface area contributed by atoms with Gasteiger partial charge >= 0.3 is 0 Å². The average Bonchev–Trinajstić information content (AvgIpc) is 2.95. The van der Waals surface area contributed by atoms with E-state index < -0.39 is 0 Å². The molecule has 1 fully saturated rings. The highest BCUT2D eigenvalue weighted by atomic mass is 32.1. The summed E-state index contributed by atoms with van der Waals surface area (Å²) in [5.74, 6) is 0.824. The molecule has 0 bridgehead atoms. The maximum atomic E-state index is 3.64. The lowest BCUT2D eigenvalue weighted by Gasteiger charge is -2.26. The van der Waals surface area contributed by atoms with E-state index in [0.717, 1.165) is 12.5 Å². The van der Waals surface area contributed by atoms with Gasteiger partial charge in [0.05, 0.1) is 0 Å². The summed E-state index contributed by atoms with van der Waals surface area (Å²) >= 11 is 1.89. The molecule has 2 rings (SSSR count). The lowest BCUT2D eigenvalue weighted by Crippen LogP contribution is -2.40. The molecule has 1 aromatic heterocycles. The predicted octanol–water partition coefficient (Wildman–Crippen LogP) is 3.39. The summed E-state index contributed by atoms with van der Waals surface area (Å²) in [5, 5.41) is 5.83. The van der Waals surface area contributed by atoms with Gasteiger partial charge < -0.3 is 5.32 Å². The lowest BCUT2D eigenvalue weighted by molar-refractivity contribution is 0.245. The van der Waals surface area contributed by atoms with Crippen LogP contribution in [0.4, 0.5) is 0 Å². The SMILES string of the molecule is CC(Cc1cccs1)N1CCC(CNC(C)(C)C)C1. The van der Waals surface area contributed by atoms with Crippen molar-refractivity contribution in [1.82, 2.24) is 10.2 Å². The van der Waals surface area contributed by atoms with Gasteiger partial charge in [0.1, 0.15) is 0 Å². The molecule has 2 unspecified atom stereocenters. The van der Waals surface area contributed by atoms with E-state index in [9.17, 15) is 0 Å². The largest absolute Gasteiger partial charge is 0.312 e. The monoisotopic (exact) mass is 280 g/mol. The van der Waals surface area contributed by atoms with Gasteiger partial charge in [-0.1, -0.05) is 6.07 Å². The summed E-state index contributed by atoms with van der Waals surface area (Å²) in [7, 11) is 0. The van der Waals surface area contributed by atoms with Gasteiger partial charge in [-0.15, -0.1) is 11.3 Å². The average molecular weight is 280 g/mol. The zero-order valence-electron chi connectivity index (χ0n) is 12.8. The first-order valence-electron chi connectivity index (χ1n) is 7.45. The Bertz CT molecular complexity index is 367. The van der Waals surface area contributed by atoms with Crippen LogP contribution in [0.2, 0.25) is 0 Å². The van der Waals surface area contributed by atoms with Crippen LogP contribution in [0.15, 0.2) is 17.5 Å². The fourth-order valence-electron chi connectivity index (χ4n) is 2.73. The van der Waals surface area contributed by atoms with E-state index in [-0.39, 0.29) is 5.54 Å². The number of rotatable bonds is 5. The maximum absolute atomic E-state index is 3.64. The van der Waals surface area contributed by atoms with Crippen molar-refractivity contribution < 1.29 is 0 Å². The third-order valence-corrected chi connectivity index (χ3v) is 4.84. The smallest absolute Gasteiger partial charge is 0.0115 e. The number of hydrogen-bond acceptors (Lipinski definition) is 3. The Labute approximate surface area is 122 Å². The maximum Gasteiger partial charge on any atom is 0.0115 e. The molecule has 1 N–H and O–H groups in total. The summed E-state index contributed by atoms with van der Waals surface area (Å²) in [6.45, 7) is 12.8. The van der Waals surface area contributed by atoms with Crippen LogP contribution in [0.25, 0.3) is 0 Å². The fourth-order valence-corrected chi connectivity index (χ4v) is 3.56. The Hall–Kier alpha value is -0.380. The molecule has 3 heteroatoms. The molecule has 1 aliphatic rings. The summed E-state index contributed by atoms with van der Waals surface area (Å²) in [6.07, 6.45) is 2.55. The molecule has 0 radical (unpaired) electrons. The molecule has 0 aliphatic carbocycles. The standard InChI is InChI=1S/C16H28N2S/c1-13(10-15-6-5-9-19-15)18-8-7-14(12-18)11-17-16(2,3)4/h5-6,9,13-14,17H,7-8,10-12H2,1-4H3. The molecular formula is C16H28N2S. The summed E-state index contributed by atoms with van der Waals surface area (Å²) < 4.78 is 0. The van der Waals surface area contributed by atoms with Crippen molar-refractivity contribution in [3.05, 3.63) is 22.4 Å². The first-order chi connectivity index (χ1) is 8.94. The van der Waals surface area contributed by atoms with Crippen LogP contribution in [-0.4, -0.2) is 36.1 Å². The first kappa shape index (κ1) is 15.0. The summed E-state index contributed by atoms with van der Waals surface area (Å²) in [4.78, 5) is 4.18. The molecule has 2 atom stereocenters. The van der Waals surface area contributed by atoms with Crippen molar-refractivity contribution in [3.8, 4) is 0 Å². The molecule has 108 valence electrons. The van der Waals surface area contributed by atoms with Crippen molar-refractivity contribution in [2.75, 3.05) is 19.6 Å². The minimum atomic E-state index is 0.246. The van der Waals surface area contributed by atoms with Crippen molar-refractivity contribution >= 4 is 11.3 Å². The van der Waals surface area contributed by atoms with Crippen molar-refractivity contribution in [2.24, 2.45) is 5.92 Å². The number of likely N-dealkylation sites (tertiary alicyclic amines) is 1. The quantitative estimate of drug-likeness (QED) is 0.889. The first-order valence-corrected chi connectivity index (χ1v) is 8.33. The van der Waals surface area contributed by atoms with E-state index >= 15 is 0 Å². The molecule has 1 saturated heterocycles. The van der Waals surface area contributed by atoms with Gasteiger partial charge in [-0.05, 0) is 71.0 Å². The van der Waals surface area contributed by atoms with E-state index in [2.05, 4.69) is 55.4 Å². The Balaban J connectivity index is 1.75. The molecule has 2 heterocycles. The van der Waals surface area contributed by atoms with Gasteiger partial charge in [0.2, 0.25) is 0 Å². The molecule has 0 saturated carbocycles. The van der Waals surface area contributed by atoms with Gasteiger partial charge in [-0.3, -0.25) is 4.90 Å². The van der Waals surface area contributed by atoms with Crippen LogP contribution in [0.1, 0.15) is 39.0 Å². The van der Waals surface area contributed by atoms with E-state index in [1.54, 1.807) is 0 Å². The molecule has 0 amide bonds. The van der Waals surface area contributed by atoms with Crippen molar-refractivity contribution in [2.45, 2.75) is 52.1 Å².